The molecule has 0 aliphatic rings. The van der Waals surface area contributed by atoms with Gasteiger partial charge in [0.2, 0.25) is 0 Å². The third kappa shape index (κ3) is 1150. The fourth-order valence-corrected chi connectivity index (χ4v) is 0. The van der Waals surface area contributed by atoms with Gasteiger partial charge in [-0.3, -0.25) is 0 Å². The predicted octanol–water partition coefficient (Wildman–Crippen LogP) is 5.47. The fourth-order valence-electron chi connectivity index (χ4n) is 0. The molecule has 0 amide bonds. The molecule has 0 fully saturated rings. The van der Waals surface area contributed by atoms with E-state index in [0.717, 1.165) is 0 Å². The molecule has 0 bridgehead atoms. The summed E-state index contributed by atoms with van der Waals surface area (Å²) in [4.78, 5) is 0. The van der Waals surface area contributed by atoms with Gasteiger partial charge in [0.05, 0.1) is 0 Å². The standard InChI is InChI=1S/2C4H8.C3H7N.C3H6.CH4/c2*1-4(2)3;1-3(2)4;1-3-2;/h2*1H2,2-3H3;1,4H2,2H3;3H,1H2,2H3;1H4. The van der Waals surface area contributed by atoms with Gasteiger partial charge in [0, 0.05) is 0 Å². The maximum absolute atomic E-state index is 4.92. The fraction of sp³-hybridized carbons (Fsp3) is 0.467. The van der Waals surface area contributed by atoms with Gasteiger partial charge >= 0.3 is 0 Å². The smallest absolute Gasteiger partial charge is 0.00242 e. The molecule has 0 spiro atoms. The van der Waals surface area contributed by atoms with E-state index in [1.165, 1.54) is 11.1 Å². The van der Waals surface area contributed by atoms with Crippen molar-refractivity contribution in [3.63, 3.8) is 0 Å². The second kappa shape index (κ2) is 29.2. The Hall–Kier alpha value is -1.24. The lowest BCUT2D eigenvalue weighted by molar-refractivity contribution is 1.34. The Balaban J connectivity index is -0.0000000331. The first-order valence-electron chi connectivity index (χ1n) is 4.83. The van der Waals surface area contributed by atoms with Crippen LogP contribution in [0.1, 0.15) is 49.0 Å². The molecule has 0 radical (unpaired) electrons. The lowest BCUT2D eigenvalue weighted by atomic mass is 10.4. The van der Waals surface area contributed by atoms with E-state index in [9.17, 15) is 0 Å². The summed E-state index contributed by atoms with van der Waals surface area (Å²) < 4.78 is 0. The van der Waals surface area contributed by atoms with Crippen LogP contribution in [0.4, 0.5) is 0 Å². The van der Waals surface area contributed by atoms with E-state index < -0.39 is 0 Å². The Morgan fingerprint density at radius 2 is 0.875 bits per heavy atom. The van der Waals surface area contributed by atoms with Crippen LogP contribution in [0.25, 0.3) is 0 Å². The second-order valence-corrected chi connectivity index (χ2v) is 3.67. The molecule has 0 saturated carbocycles. The molecule has 0 heterocycles. The van der Waals surface area contributed by atoms with Crippen molar-refractivity contribution < 1.29 is 0 Å². The van der Waals surface area contributed by atoms with Crippen molar-refractivity contribution in [2.45, 2.75) is 49.0 Å². The lowest BCUT2D eigenvalue weighted by Gasteiger charge is -1.69. The van der Waals surface area contributed by atoms with Crippen LogP contribution in [0.5, 0.6) is 0 Å². The molecule has 0 aromatic heterocycles. The molecule has 0 saturated heterocycles. The Morgan fingerprint density at radius 3 is 0.875 bits per heavy atom. The van der Waals surface area contributed by atoms with Gasteiger partial charge in [-0.2, -0.15) is 0 Å². The van der Waals surface area contributed by atoms with Crippen LogP contribution in [-0.4, -0.2) is 0 Å². The Kier molecular flexibility index (Phi) is 53.5. The highest BCUT2D eigenvalue weighted by molar-refractivity contribution is 4.79. The highest BCUT2D eigenvalue weighted by atomic mass is 14.5. The number of rotatable bonds is 0. The van der Waals surface area contributed by atoms with E-state index >= 15 is 0 Å². The summed E-state index contributed by atoms with van der Waals surface area (Å²) in [7, 11) is 0. The summed E-state index contributed by atoms with van der Waals surface area (Å²) >= 11 is 0. The van der Waals surface area contributed by atoms with Gasteiger partial charge in [-0.05, 0) is 47.2 Å². The van der Waals surface area contributed by atoms with Crippen molar-refractivity contribution in [2.24, 2.45) is 5.73 Å². The summed E-state index contributed by atoms with van der Waals surface area (Å²) in [5.74, 6) is 0. The van der Waals surface area contributed by atoms with Crippen LogP contribution >= 0.6 is 0 Å². The van der Waals surface area contributed by atoms with Crippen LogP contribution in [0.15, 0.2) is 49.2 Å². The van der Waals surface area contributed by atoms with Crippen molar-refractivity contribution in [3.05, 3.63) is 49.2 Å². The monoisotopic (exact) mass is 227 g/mol. The van der Waals surface area contributed by atoms with E-state index in [-0.39, 0.29) is 7.43 Å². The number of allylic oxidation sites excluding steroid dienone is 4. The van der Waals surface area contributed by atoms with Gasteiger partial charge in [-0.25, -0.2) is 0 Å². The van der Waals surface area contributed by atoms with Crippen molar-refractivity contribution in [1.82, 2.24) is 0 Å². The summed E-state index contributed by atoms with van der Waals surface area (Å²) in [5, 5.41) is 0. The van der Waals surface area contributed by atoms with E-state index in [2.05, 4.69) is 26.3 Å². The topological polar surface area (TPSA) is 26.0 Å². The first-order valence-corrected chi connectivity index (χ1v) is 4.83. The van der Waals surface area contributed by atoms with Gasteiger partial charge in [0.15, 0.2) is 0 Å². The van der Waals surface area contributed by atoms with Crippen LogP contribution in [-0.2, 0) is 0 Å². The zero-order chi connectivity index (χ0) is 13.4. The van der Waals surface area contributed by atoms with Crippen molar-refractivity contribution >= 4 is 0 Å². The highest BCUT2D eigenvalue weighted by Gasteiger charge is 1.52. The SMILES string of the molecule is C.C=C(C)C.C=C(C)C.C=C(C)N.C=CC. The zero-order valence-electron chi connectivity index (χ0n) is 11.5. The minimum atomic E-state index is 0. The molecule has 0 atom stereocenters. The first-order chi connectivity index (χ1) is 6.61. The minimum absolute atomic E-state index is 0. The van der Waals surface area contributed by atoms with Gasteiger partial charge in [0.1, 0.15) is 0 Å². The quantitative estimate of drug-likeness (QED) is 0.545. The normalized spacial score (nSPS) is 5.62. The summed E-state index contributed by atoms with van der Waals surface area (Å²) in [6.07, 6.45) is 1.75. The van der Waals surface area contributed by atoms with E-state index in [1.807, 2.05) is 34.6 Å². The molecule has 0 rings (SSSR count). The zero-order valence-corrected chi connectivity index (χ0v) is 11.5. The first kappa shape index (κ1) is 29.3. The third-order valence-corrected chi connectivity index (χ3v) is 0. The molecular formula is C15H33N. The van der Waals surface area contributed by atoms with E-state index in [4.69, 9.17) is 5.73 Å². The van der Waals surface area contributed by atoms with Gasteiger partial charge in [0.25, 0.3) is 0 Å². The Labute approximate surface area is 104 Å². The molecule has 0 aromatic carbocycles. The molecule has 0 aliphatic heterocycles. The summed E-state index contributed by atoms with van der Waals surface area (Å²) in [5.41, 5.74) is 7.92. The predicted molar refractivity (Wildman–Crippen MR) is 82.6 cm³/mol. The maximum atomic E-state index is 4.92. The van der Waals surface area contributed by atoms with Gasteiger partial charge < -0.3 is 5.73 Å². The van der Waals surface area contributed by atoms with Crippen molar-refractivity contribution in [2.75, 3.05) is 0 Å². The molecule has 0 aromatic rings. The van der Waals surface area contributed by atoms with Gasteiger partial charge in [-0.15, -0.1) is 19.7 Å². The summed E-state index contributed by atoms with van der Waals surface area (Å²) in [6.45, 7) is 25.3. The second-order valence-electron chi connectivity index (χ2n) is 3.67. The Bertz CT molecular complexity index is 135. The van der Waals surface area contributed by atoms with Gasteiger partial charge in [-0.1, -0.05) is 31.2 Å². The third-order valence-electron chi connectivity index (χ3n) is 0. The highest BCUT2D eigenvalue weighted by Crippen LogP contribution is 1.74. The molecule has 2 N–H and O–H groups in total. The van der Waals surface area contributed by atoms with E-state index in [1.54, 1.807) is 13.0 Å². The largest absolute Gasteiger partial charge is 0.403 e. The molecule has 0 aliphatic carbocycles. The molecular weight excluding hydrogens is 194 g/mol. The molecule has 1 heteroatoms. The maximum Gasteiger partial charge on any atom is -0.00242 e. The van der Waals surface area contributed by atoms with Crippen molar-refractivity contribution in [3.8, 4) is 0 Å². The lowest BCUT2D eigenvalue weighted by Crippen LogP contribution is -1.83. The average Bonchev–Trinajstić information content (AvgIpc) is 1.81. The Morgan fingerprint density at radius 1 is 0.875 bits per heavy atom. The van der Waals surface area contributed by atoms with Crippen LogP contribution < -0.4 is 5.73 Å². The summed E-state index contributed by atoms with van der Waals surface area (Å²) in [6, 6.07) is 0. The molecule has 16 heavy (non-hydrogen) atoms. The number of nitrogens with two attached hydrogens (primary N) is 1. The van der Waals surface area contributed by atoms with Crippen molar-refractivity contribution in [1.29, 1.82) is 0 Å². The van der Waals surface area contributed by atoms with Crippen LogP contribution in [0.3, 0.4) is 0 Å². The number of hydrogen-bond acceptors (Lipinski definition) is 1. The van der Waals surface area contributed by atoms with Crippen LogP contribution in [0.2, 0.25) is 0 Å². The van der Waals surface area contributed by atoms with Crippen LogP contribution in [0, 0.1) is 0 Å². The number of hydrogen-bond donors (Lipinski definition) is 1. The average molecular weight is 227 g/mol. The molecule has 0 unspecified atom stereocenters. The van der Waals surface area contributed by atoms with E-state index in [0.29, 0.717) is 5.70 Å². The molecule has 1 nitrogen and oxygen atoms in total. The minimum Gasteiger partial charge on any atom is -0.403 e. The molecule has 98 valence electrons.